The molecule has 5 nitrogen and oxygen atoms in total. The van der Waals surface area contributed by atoms with Crippen molar-refractivity contribution < 1.29 is 22.4 Å². The molecule has 0 aromatic carbocycles. The molecule has 140 valence electrons. The van der Waals surface area contributed by atoms with E-state index in [1.807, 2.05) is 0 Å². The van der Waals surface area contributed by atoms with Crippen LogP contribution in [0.1, 0.15) is 43.0 Å². The molecule has 1 aliphatic rings. The summed E-state index contributed by atoms with van der Waals surface area (Å²) in [6, 6.07) is 4.82. The summed E-state index contributed by atoms with van der Waals surface area (Å²) in [5, 5.41) is 0. The van der Waals surface area contributed by atoms with E-state index >= 15 is 0 Å². The van der Waals surface area contributed by atoms with Crippen LogP contribution in [0, 0.1) is 0 Å². The Morgan fingerprint density at radius 1 is 1.19 bits per heavy atom. The van der Waals surface area contributed by atoms with Gasteiger partial charge in [-0.3, -0.25) is 9.59 Å². The van der Waals surface area contributed by atoms with Crippen LogP contribution >= 0.6 is 0 Å². The van der Waals surface area contributed by atoms with Crippen LogP contribution in [0.2, 0.25) is 0 Å². The van der Waals surface area contributed by atoms with E-state index in [1.54, 1.807) is 17.0 Å². The van der Waals surface area contributed by atoms with Gasteiger partial charge in [-0.15, -0.1) is 0 Å². The highest BCUT2D eigenvalue weighted by molar-refractivity contribution is 5.76. The van der Waals surface area contributed by atoms with Crippen molar-refractivity contribution in [2.45, 2.75) is 44.4 Å². The van der Waals surface area contributed by atoms with Crippen LogP contribution in [0.3, 0.4) is 0 Å². The molecular weight excluding hydrogens is 349 g/mol. The van der Waals surface area contributed by atoms with Gasteiger partial charge in [0.05, 0.1) is 17.9 Å². The normalized spacial score (nSPS) is 18.6. The summed E-state index contributed by atoms with van der Waals surface area (Å²) in [6.07, 6.45) is 1.07. The maximum absolute atomic E-state index is 12.9. The lowest BCUT2D eigenvalue weighted by Crippen LogP contribution is -2.39. The van der Waals surface area contributed by atoms with Crippen molar-refractivity contribution in [1.82, 2.24) is 9.47 Å². The third-order valence-corrected chi connectivity index (χ3v) is 4.56. The monoisotopic (exact) mass is 368 g/mol. The number of hydrogen-bond donors (Lipinski definition) is 0. The molecule has 1 saturated heterocycles. The predicted octanol–water partition coefficient (Wildman–Crippen LogP) is 3.60. The topological polar surface area (TPSA) is 55.5 Å². The first-order valence-corrected chi connectivity index (χ1v) is 8.47. The maximum Gasteiger partial charge on any atom is 0.417 e. The number of likely N-dealkylation sites (tertiary alicyclic amines) is 1. The third kappa shape index (κ3) is 4.00. The zero-order valence-corrected chi connectivity index (χ0v) is 14.0. The minimum absolute atomic E-state index is 0.262. The quantitative estimate of drug-likeness (QED) is 0.832. The van der Waals surface area contributed by atoms with Crippen LogP contribution < -0.4 is 5.56 Å². The number of hydrogen-bond acceptors (Lipinski definition) is 3. The predicted molar refractivity (Wildman–Crippen MR) is 87.3 cm³/mol. The van der Waals surface area contributed by atoms with E-state index in [0.717, 1.165) is 42.4 Å². The van der Waals surface area contributed by atoms with Gasteiger partial charge in [0, 0.05) is 18.8 Å². The maximum atomic E-state index is 12.9. The van der Waals surface area contributed by atoms with Crippen molar-refractivity contribution in [1.29, 1.82) is 0 Å². The van der Waals surface area contributed by atoms with Gasteiger partial charge < -0.3 is 13.9 Å². The van der Waals surface area contributed by atoms with E-state index < -0.39 is 29.8 Å². The molecule has 26 heavy (non-hydrogen) atoms. The highest BCUT2D eigenvalue weighted by Gasteiger charge is 2.32. The summed E-state index contributed by atoms with van der Waals surface area (Å²) in [6.45, 7) is 0.0534. The van der Waals surface area contributed by atoms with Crippen LogP contribution in [-0.4, -0.2) is 21.9 Å². The third-order valence-electron chi connectivity index (χ3n) is 4.56. The lowest BCUT2D eigenvalue weighted by atomic mass is 10.1. The van der Waals surface area contributed by atoms with Gasteiger partial charge in [0.25, 0.3) is 5.56 Å². The summed E-state index contributed by atoms with van der Waals surface area (Å²) in [5.41, 5.74) is -1.60. The summed E-state index contributed by atoms with van der Waals surface area (Å²) < 4.78 is 44.9. The Kier molecular flexibility index (Phi) is 5.20. The number of alkyl halides is 3. The van der Waals surface area contributed by atoms with Crippen LogP contribution in [0.5, 0.6) is 0 Å². The lowest BCUT2D eigenvalue weighted by Gasteiger charge is -2.29. The highest BCUT2D eigenvalue weighted by atomic mass is 19.4. The highest BCUT2D eigenvalue weighted by Crippen LogP contribution is 2.31. The van der Waals surface area contributed by atoms with Gasteiger partial charge in [-0.1, -0.05) is 12.8 Å². The van der Waals surface area contributed by atoms with Crippen LogP contribution in [0.25, 0.3) is 0 Å². The first-order chi connectivity index (χ1) is 12.4. The molecule has 2 aromatic rings. The standard InChI is InChI=1S/C18H19F3N2O3/c19-18(20,21)13-7-8-16(24)22(11-13)12-17(25)23-9-3-1-2-5-14(23)15-6-4-10-26-15/h4,6-8,10-11,14H,1-3,5,9,12H2. The number of rotatable bonds is 3. The van der Waals surface area contributed by atoms with E-state index in [2.05, 4.69) is 0 Å². The van der Waals surface area contributed by atoms with Gasteiger partial charge in [0.2, 0.25) is 5.91 Å². The molecule has 1 fully saturated rings. The van der Waals surface area contributed by atoms with Crippen LogP contribution in [0.4, 0.5) is 13.2 Å². The second-order valence-corrected chi connectivity index (χ2v) is 6.35. The molecule has 3 rings (SSSR count). The average molecular weight is 368 g/mol. The van der Waals surface area contributed by atoms with E-state index in [9.17, 15) is 22.8 Å². The zero-order valence-electron chi connectivity index (χ0n) is 14.0. The van der Waals surface area contributed by atoms with Crippen molar-refractivity contribution in [2.24, 2.45) is 0 Å². The van der Waals surface area contributed by atoms with Crippen LogP contribution in [0.15, 0.2) is 45.9 Å². The molecule has 0 saturated carbocycles. The fourth-order valence-corrected chi connectivity index (χ4v) is 3.24. The Labute approximate surface area is 148 Å². The van der Waals surface area contributed by atoms with Gasteiger partial charge in [0.15, 0.2) is 0 Å². The first-order valence-electron chi connectivity index (χ1n) is 8.47. The molecule has 3 heterocycles. The van der Waals surface area contributed by atoms with Crippen LogP contribution in [-0.2, 0) is 17.5 Å². The van der Waals surface area contributed by atoms with Gasteiger partial charge in [-0.2, -0.15) is 13.2 Å². The van der Waals surface area contributed by atoms with Crippen molar-refractivity contribution >= 4 is 5.91 Å². The number of nitrogens with zero attached hydrogens (tertiary/aromatic N) is 2. The number of pyridine rings is 1. The van der Waals surface area contributed by atoms with Gasteiger partial charge in [0.1, 0.15) is 12.3 Å². The summed E-state index contributed by atoms with van der Waals surface area (Å²) >= 11 is 0. The summed E-state index contributed by atoms with van der Waals surface area (Å²) in [5.74, 6) is 0.256. The van der Waals surface area contributed by atoms with Gasteiger partial charge in [-0.05, 0) is 31.0 Å². The smallest absolute Gasteiger partial charge is 0.417 e. The number of furan rings is 1. The number of carbonyl (C=O) groups excluding carboxylic acids is 1. The van der Waals surface area contributed by atoms with Crippen molar-refractivity contribution in [2.75, 3.05) is 6.54 Å². The van der Waals surface area contributed by atoms with Crippen molar-refractivity contribution in [3.8, 4) is 0 Å². The lowest BCUT2D eigenvalue weighted by molar-refractivity contribution is -0.139. The Bertz CT molecular complexity index is 812. The molecule has 2 aromatic heterocycles. The van der Waals surface area contributed by atoms with Gasteiger partial charge >= 0.3 is 6.18 Å². The fraction of sp³-hybridized carbons (Fsp3) is 0.444. The SMILES string of the molecule is O=C(Cn1cc(C(F)(F)F)ccc1=O)N1CCCCCC1c1ccco1. The molecule has 1 atom stereocenters. The molecule has 1 unspecified atom stereocenters. The Morgan fingerprint density at radius 2 is 2.00 bits per heavy atom. The molecule has 0 spiro atoms. The average Bonchev–Trinajstić information content (AvgIpc) is 3.00. The Balaban J connectivity index is 1.85. The molecule has 1 amide bonds. The first kappa shape index (κ1) is 18.3. The summed E-state index contributed by atoms with van der Waals surface area (Å²) in [4.78, 5) is 26.3. The molecule has 0 radical (unpaired) electrons. The second-order valence-electron chi connectivity index (χ2n) is 6.35. The van der Waals surface area contributed by atoms with E-state index in [0.29, 0.717) is 18.5 Å². The number of halogens is 3. The van der Waals surface area contributed by atoms with Gasteiger partial charge in [-0.25, -0.2) is 0 Å². The molecule has 1 aliphatic heterocycles. The zero-order chi connectivity index (χ0) is 18.7. The molecule has 0 aliphatic carbocycles. The molecule has 0 N–H and O–H groups in total. The fourth-order valence-electron chi connectivity index (χ4n) is 3.24. The second kappa shape index (κ2) is 7.39. The molecule has 0 bridgehead atoms. The molecule has 8 heteroatoms. The Morgan fingerprint density at radius 3 is 2.69 bits per heavy atom. The summed E-state index contributed by atoms with van der Waals surface area (Å²) in [7, 11) is 0. The number of amides is 1. The van der Waals surface area contributed by atoms with Crippen molar-refractivity contribution in [3.05, 3.63) is 58.4 Å². The van der Waals surface area contributed by atoms with E-state index in [4.69, 9.17) is 4.42 Å². The largest absolute Gasteiger partial charge is 0.467 e. The number of carbonyl (C=O) groups is 1. The number of aromatic nitrogens is 1. The minimum atomic E-state index is -4.57. The minimum Gasteiger partial charge on any atom is -0.467 e. The Hall–Kier alpha value is -2.51. The van der Waals surface area contributed by atoms with E-state index in [1.165, 1.54) is 6.26 Å². The van der Waals surface area contributed by atoms with E-state index in [-0.39, 0.29) is 6.04 Å². The molecular formula is C18H19F3N2O3. The van der Waals surface area contributed by atoms with Crippen molar-refractivity contribution in [3.63, 3.8) is 0 Å².